The molecular formula is C27H37N3O6S. The maximum atomic E-state index is 13.8. The Kier molecular flexibility index (Phi) is 9.42. The summed E-state index contributed by atoms with van der Waals surface area (Å²) in [4.78, 5) is 28.4. The minimum absolute atomic E-state index is 0.0479. The molecule has 37 heavy (non-hydrogen) atoms. The molecule has 10 heteroatoms. The van der Waals surface area contributed by atoms with Crippen molar-refractivity contribution in [3.05, 3.63) is 53.6 Å². The Bertz CT molecular complexity index is 1200. The van der Waals surface area contributed by atoms with Crippen molar-refractivity contribution in [2.75, 3.05) is 29.9 Å². The number of fused-ring (bicyclic) bond motifs is 1. The lowest BCUT2D eigenvalue weighted by Crippen LogP contribution is -2.52. The van der Waals surface area contributed by atoms with Crippen LogP contribution in [-0.4, -0.2) is 56.8 Å². The summed E-state index contributed by atoms with van der Waals surface area (Å²) >= 11 is 0. The summed E-state index contributed by atoms with van der Waals surface area (Å²) in [6, 6.07) is 11.7. The number of hydrogen-bond donors (Lipinski definition) is 1. The summed E-state index contributed by atoms with van der Waals surface area (Å²) in [6.45, 7) is 9.58. The predicted octanol–water partition coefficient (Wildman–Crippen LogP) is 3.46. The average Bonchev–Trinajstić information content (AvgIpc) is 3.34. The third-order valence-corrected chi connectivity index (χ3v) is 7.91. The van der Waals surface area contributed by atoms with Crippen molar-refractivity contribution < 1.29 is 27.5 Å². The summed E-state index contributed by atoms with van der Waals surface area (Å²) in [5, 5.41) is 2.92. The van der Waals surface area contributed by atoms with Crippen LogP contribution >= 0.6 is 0 Å². The van der Waals surface area contributed by atoms with E-state index in [2.05, 4.69) is 5.32 Å². The first-order valence-electron chi connectivity index (χ1n) is 12.6. The molecule has 0 radical (unpaired) electrons. The number of rotatable bonds is 12. The number of amides is 2. The molecule has 3 rings (SSSR count). The monoisotopic (exact) mass is 531 g/mol. The minimum Gasteiger partial charge on any atom is -0.454 e. The number of ether oxygens (including phenoxy) is 2. The van der Waals surface area contributed by atoms with Gasteiger partial charge in [-0.1, -0.05) is 50.6 Å². The zero-order valence-electron chi connectivity index (χ0n) is 22.2. The van der Waals surface area contributed by atoms with Gasteiger partial charge in [-0.25, -0.2) is 8.42 Å². The number of anilines is 1. The van der Waals surface area contributed by atoms with E-state index in [-0.39, 0.29) is 30.9 Å². The average molecular weight is 532 g/mol. The van der Waals surface area contributed by atoms with Gasteiger partial charge in [0.05, 0.1) is 11.4 Å². The second-order valence-corrected chi connectivity index (χ2v) is 11.7. The Morgan fingerprint density at radius 3 is 2.32 bits per heavy atom. The van der Waals surface area contributed by atoms with Crippen molar-refractivity contribution in [2.24, 2.45) is 5.92 Å². The van der Waals surface area contributed by atoms with Gasteiger partial charge >= 0.3 is 0 Å². The molecule has 0 saturated carbocycles. The van der Waals surface area contributed by atoms with E-state index in [1.54, 1.807) is 18.2 Å². The number of sulfonamides is 1. The van der Waals surface area contributed by atoms with Crippen molar-refractivity contribution in [3.8, 4) is 11.5 Å². The third-order valence-electron chi connectivity index (χ3n) is 6.17. The summed E-state index contributed by atoms with van der Waals surface area (Å²) < 4.78 is 38.1. The summed E-state index contributed by atoms with van der Waals surface area (Å²) in [5.74, 6) is 0.249. The van der Waals surface area contributed by atoms with Crippen molar-refractivity contribution >= 4 is 27.5 Å². The second-order valence-electron chi connectivity index (χ2n) is 9.52. The quantitative estimate of drug-likeness (QED) is 0.450. The van der Waals surface area contributed by atoms with Crippen molar-refractivity contribution in [1.82, 2.24) is 10.2 Å². The topological polar surface area (TPSA) is 105 Å². The zero-order chi connectivity index (χ0) is 27.2. The molecule has 1 aliphatic heterocycles. The fraction of sp³-hybridized carbons (Fsp3) is 0.481. The van der Waals surface area contributed by atoms with Crippen LogP contribution in [0.25, 0.3) is 0 Å². The van der Waals surface area contributed by atoms with Crippen LogP contribution in [0.3, 0.4) is 0 Å². The Hall–Kier alpha value is -3.27. The van der Waals surface area contributed by atoms with Crippen LogP contribution in [0.4, 0.5) is 5.69 Å². The van der Waals surface area contributed by atoms with E-state index in [1.165, 1.54) is 11.8 Å². The fourth-order valence-electron chi connectivity index (χ4n) is 3.99. The molecule has 1 aliphatic rings. The Morgan fingerprint density at radius 1 is 1.03 bits per heavy atom. The van der Waals surface area contributed by atoms with E-state index < -0.39 is 28.5 Å². The second kappa shape index (κ2) is 12.3. The summed E-state index contributed by atoms with van der Waals surface area (Å²) in [7, 11) is -3.82. The summed E-state index contributed by atoms with van der Waals surface area (Å²) in [6.07, 6.45) is 0.381. The maximum Gasteiger partial charge on any atom is 0.244 e. The summed E-state index contributed by atoms with van der Waals surface area (Å²) in [5.41, 5.74) is 2.22. The molecule has 0 bridgehead atoms. The lowest BCUT2D eigenvalue weighted by molar-refractivity contribution is -0.140. The first-order chi connectivity index (χ1) is 17.6. The molecule has 0 aliphatic carbocycles. The number of hydrogen-bond acceptors (Lipinski definition) is 6. The largest absolute Gasteiger partial charge is 0.454 e. The Morgan fingerprint density at radius 2 is 1.70 bits per heavy atom. The van der Waals surface area contributed by atoms with E-state index in [0.717, 1.165) is 15.4 Å². The molecule has 2 aromatic rings. The molecular weight excluding hydrogens is 494 g/mol. The highest BCUT2D eigenvalue weighted by Crippen LogP contribution is 2.36. The van der Waals surface area contributed by atoms with Gasteiger partial charge in [-0.2, -0.15) is 0 Å². The molecule has 1 heterocycles. The van der Waals surface area contributed by atoms with E-state index in [4.69, 9.17) is 9.47 Å². The molecule has 1 atom stereocenters. The number of aryl methyl sites for hydroxylation is 1. The van der Waals surface area contributed by atoms with Crippen LogP contribution in [0.15, 0.2) is 42.5 Å². The van der Waals surface area contributed by atoms with Gasteiger partial charge in [0.2, 0.25) is 28.6 Å². The number of nitrogens with zero attached hydrogens (tertiary/aromatic N) is 2. The molecule has 0 fully saturated rings. The minimum atomic E-state index is -3.82. The molecule has 9 nitrogen and oxygen atoms in total. The number of carbonyl (C=O) groups is 2. The highest BCUT2D eigenvalue weighted by atomic mass is 32.2. The van der Waals surface area contributed by atoms with Gasteiger partial charge in [0.25, 0.3) is 0 Å². The normalized spacial score (nSPS) is 13.4. The smallest absolute Gasteiger partial charge is 0.244 e. The Balaban J connectivity index is 1.95. The number of carbonyl (C=O) groups excluding carboxylic acids is 2. The van der Waals surface area contributed by atoms with E-state index in [9.17, 15) is 18.0 Å². The highest BCUT2D eigenvalue weighted by molar-refractivity contribution is 7.92. The van der Waals surface area contributed by atoms with Gasteiger partial charge in [-0.15, -0.1) is 0 Å². The van der Waals surface area contributed by atoms with Crippen LogP contribution in [-0.2, 0) is 26.2 Å². The molecule has 0 aromatic heterocycles. The van der Waals surface area contributed by atoms with E-state index >= 15 is 0 Å². The predicted molar refractivity (Wildman–Crippen MR) is 143 cm³/mol. The molecule has 0 saturated heterocycles. The number of benzene rings is 2. The zero-order valence-corrected chi connectivity index (χ0v) is 23.0. The van der Waals surface area contributed by atoms with Gasteiger partial charge in [0.15, 0.2) is 11.5 Å². The molecule has 1 N–H and O–H groups in total. The fourth-order valence-corrected chi connectivity index (χ4v) is 5.05. The van der Waals surface area contributed by atoms with Gasteiger partial charge < -0.3 is 19.7 Å². The van der Waals surface area contributed by atoms with E-state index in [0.29, 0.717) is 30.2 Å². The van der Waals surface area contributed by atoms with Crippen LogP contribution in [0.2, 0.25) is 0 Å². The van der Waals surface area contributed by atoms with Gasteiger partial charge in [-0.05, 0) is 43.9 Å². The molecule has 2 aromatic carbocycles. The van der Waals surface area contributed by atoms with Crippen molar-refractivity contribution in [1.29, 1.82) is 0 Å². The standard InChI is InChI=1S/C27H37N3O6S/c1-6-23(27(32)28-15-19(3)4)29(16-21-10-8-20(5)9-11-21)26(31)17-30(37(33,34)7-2)22-12-13-24-25(14-22)36-18-35-24/h8-14,19,23H,6-7,15-18H2,1-5H3,(H,28,32)/t23-/m1/s1. The van der Waals surface area contributed by atoms with Gasteiger partial charge in [-0.3, -0.25) is 13.9 Å². The van der Waals surface area contributed by atoms with Crippen molar-refractivity contribution in [2.45, 2.75) is 53.6 Å². The first kappa shape index (κ1) is 28.3. The van der Waals surface area contributed by atoms with E-state index in [1.807, 2.05) is 52.0 Å². The molecule has 0 spiro atoms. The van der Waals surface area contributed by atoms with Crippen LogP contribution in [0.5, 0.6) is 11.5 Å². The molecule has 0 unspecified atom stereocenters. The lowest BCUT2D eigenvalue weighted by atomic mass is 10.1. The third kappa shape index (κ3) is 7.15. The SMILES string of the molecule is CC[C@H](C(=O)NCC(C)C)N(Cc1ccc(C)cc1)C(=O)CN(c1ccc2c(c1)OCO2)S(=O)(=O)CC. The molecule has 2 amide bonds. The first-order valence-corrected chi connectivity index (χ1v) is 14.2. The van der Waals surface area contributed by atoms with Gasteiger partial charge in [0, 0.05) is 19.2 Å². The van der Waals surface area contributed by atoms with Crippen LogP contribution in [0.1, 0.15) is 45.2 Å². The maximum absolute atomic E-state index is 13.8. The number of nitrogens with one attached hydrogen (secondary N) is 1. The van der Waals surface area contributed by atoms with Crippen LogP contribution in [0, 0.1) is 12.8 Å². The Labute approximate surface area is 219 Å². The highest BCUT2D eigenvalue weighted by Gasteiger charge is 2.33. The molecule has 202 valence electrons. The lowest BCUT2D eigenvalue weighted by Gasteiger charge is -2.33. The van der Waals surface area contributed by atoms with Crippen LogP contribution < -0.4 is 19.1 Å². The van der Waals surface area contributed by atoms with Crippen molar-refractivity contribution in [3.63, 3.8) is 0 Å². The van der Waals surface area contributed by atoms with Gasteiger partial charge in [0.1, 0.15) is 12.6 Å².